The number of carbonyl (C=O) groups is 1. The molecule has 2 atom stereocenters. The molecule has 2 N–H and O–H groups in total. The number of rotatable bonds is 38. The van der Waals surface area contributed by atoms with E-state index >= 15 is 0 Å². The first kappa shape index (κ1) is 46.9. The van der Waals surface area contributed by atoms with E-state index in [2.05, 4.69) is 38.2 Å². The van der Waals surface area contributed by atoms with E-state index in [1.54, 1.807) is 0 Å². The Morgan fingerprint density at radius 1 is 0.520 bits per heavy atom. The average Bonchev–Trinajstić information content (AvgIpc) is 3.53. The second kappa shape index (κ2) is 37.6. The topological polar surface area (TPSA) is 64.8 Å². The van der Waals surface area contributed by atoms with Gasteiger partial charge in [0, 0.05) is 51.1 Å². The summed E-state index contributed by atoms with van der Waals surface area (Å²) in [6.45, 7) is 9.69. The number of allylic oxidation sites excluding steroid dienone is 4. The predicted octanol–water partition coefficient (Wildman–Crippen LogP) is 12.5. The Kier molecular flexibility index (Phi) is 35.2. The van der Waals surface area contributed by atoms with Crippen molar-refractivity contribution in [2.45, 2.75) is 200 Å². The molecule has 0 unspecified atom stereocenters. The third kappa shape index (κ3) is 29.4. The van der Waals surface area contributed by atoms with E-state index in [0.717, 1.165) is 52.4 Å². The van der Waals surface area contributed by atoms with Crippen molar-refractivity contribution < 1.29 is 14.3 Å². The first-order valence-corrected chi connectivity index (χ1v) is 22.2. The SMILES string of the molecule is CCCCCCCC/C=C\CCCCCCCCOC[C@@H]1CN(C(=O)CCN)C[C@H]1COCCCCCCCC/C=C\CCCCCCCC. The zero-order valence-electron chi connectivity index (χ0n) is 33.7. The number of ether oxygens (including phenoxy) is 2. The van der Waals surface area contributed by atoms with Crippen LogP contribution in [0.25, 0.3) is 0 Å². The van der Waals surface area contributed by atoms with Crippen molar-refractivity contribution in [3.8, 4) is 0 Å². The number of amides is 1. The maximum Gasteiger partial charge on any atom is 0.223 e. The van der Waals surface area contributed by atoms with Crippen LogP contribution in [0.5, 0.6) is 0 Å². The van der Waals surface area contributed by atoms with Gasteiger partial charge in [-0.1, -0.05) is 154 Å². The predicted molar refractivity (Wildman–Crippen MR) is 218 cm³/mol. The molecule has 1 heterocycles. The Morgan fingerprint density at radius 2 is 0.840 bits per heavy atom. The lowest BCUT2D eigenvalue weighted by Gasteiger charge is -2.18. The summed E-state index contributed by atoms with van der Waals surface area (Å²) in [6.07, 6.45) is 47.1. The highest BCUT2D eigenvalue weighted by Crippen LogP contribution is 2.25. The first-order valence-electron chi connectivity index (χ1n) is 22.2. The fourth-order valence-corrected chi connectivity index (χ4v) is 7.17. The minimum absolute atomic E-state index is 0.182. The first-order chi connectivity index (χ1) is 24.7. The van der Waals surface area contributed by atoms with Gasteiger partial charge in [-0.15, -0.1) is 0 Å². The van der Waals surface area contributed by atoms with Crippen LogP contribution in [0, 0.1) is 11.8 Å². The molecule has 0 aromatic carbocycles. The maximum atomic E-state index is 12.6. The Labute approximate surface area is 312 Å². The molecule has 0 radical (unpaired) electrons. The van der Waals surface area contributed by atoms with Gasteiger partial charge in [-0.05, 0) is 64.2 Å². The molecule has 1 aliphatic rings. The van der Waals surface area contributed by atoms with Gasteiger partial charge in [0.1, 0.15) is 0 Å². The summed E-state index contributed by atoms with van der Waals surface area (Å²) in [6, 6.07) is 0. The highest BCUT2D eigenvalue weighted by molar-refractivity contribution is 5.76. The molecule has 0 aliphatic carbocycles. The van der Waals surface area contributed by atoms with Crippen LogP contribution in [0.2, 0.25) is 0 Å². The van der Waals surface area contributed by atoms with Gasteiger partial charge >= 0.3 is 0 Å². The summed E-state index contributed by atoms with van der Waals surface area (Å²) < 4.78 is 12.3. The summed E-state index contributed by atoms with van der Waals surface area (Å²) in [5.41, 5.74) is 5.68. The molecule has 1 aliphatic heterocycles. The Balaban J connectivity index is 2.04. The molecule has 1 amide bonds. The molecule has 294 valence electrons. The highest BCUT2D eigenvalue weighted by Gasteiger charge is 2.35. The van der Waals surface area contributed by atoms with Crippen LogP contribution in [0.15, 0.2) is 24.3 Å². The lowest BCUT2D eigenvalue weighted by molar-refractivity contribution is -0.130. The van der Waals surface area contributed by atoms with Crippen molar-refractivity contribution >= 4 is 5.91 Å². The van der Waals surface area contributed by atoms with Crippen LogP contribution in [0.4, 0.5) is 0 Å². The summed E-state index contributed by atoms with van der Waals surface area (Å²) in [5, 5.41) is 0. The van der Waals surface area contributed by atoms with E-state index in [1.807, 2.05) is 4.90 Å². The van der Waals surface area contributed by atoms with Crippen LogP contribution in [-0.4, -0.2) is 56.9 Å². The molecular weight excluding hydrogens is 617 g/mol. The minimum atomic E-state index is 0.182. The zero-order valence-corrected chi connectivity index (χ0v) is 33.7. The number of hydrogen-bond acceptors (Lipinski definition) is 4. The lowest BCUT2D eigenvalue weighted by Crippen LogP contribution is -2.31. The molecule has 0 aromatic heterocycles. The van der Waals surface area contributed by atoms with Gasteiger partial charge in [0.15, 0.2) is 0 Å². The van der Waals surface area contributed by atoms with Crippen LogP contribution in [-0.2, 0) is 14.3 Å². The van der Waals surface area contributed by atoms with E-state index in [-0.39, 0.29) is 5.91 Å². The van der Waals surface area contributed by atoms with E-state index in [1.165, 1.54) is 167 Å². The fraction of sp³-hybridized carbons (Fsp3) is 0.889. The third-order valence-corrected chi connectivity index (χ3v) is 10.6. The van der Waals surface area contributed by atoms with Crippen molar-refractivity contribution in [1.29, 1.82) is 0 Å². The van der Waals surface area contributed by atoms with Crippen LogP contribution in [0.1, 0.15) is 200 Å². The minimum Gasteiger partial charge on any atom is -0.381 e. The molecule has 5 nitrogen and oxygen atoms in total. The van der Waals surface area contributed by atoms with Gasteiger partial charge in [0.2, 0.25) is 5.91 Å². The van der Waals surface area contributed by atoms with Gasteiger partial charge < -0.3 is 20.1 Å². The van der Waals surface area contributed by atoms with Gasteiger partial charge in [-0.2, -0.15) is 0 Å². The molecule has 0 aromatic rings. The lowest BCUT2D eigenvalue weighted by atomic mass is 9.98. The Hall–Kier alpha value is -1.17. The molecule has 5 heteroatoms. The Morgan fingerprint density at radius 3 is 1.18 bits per heavy atom. The van der Waals surface area contributed by atoms with Crippen LogP contribution < -0.4 is 5.73 Å². The summed E-state index contributed by atoms with van der Waals surface area (Å²) >= 11 is 0. The van der Waals surface area contributed by atoms with Crippen molar-refractivity contribution in [1.82, 2.24) is 4.90 Å². The largest absolute Gasteiger partial charge is 0.381 e. The van der Waals surface area contributed by atoms with Crippen LogP contribution in [0.3, 0.4) is 0 Å². The number of nitrogens with two attached hydrogens (primary N) is 1. The second-order valence-electron chi connectivity index (χ2n) is 15.4. The average molecular weight is 703 g/mol. The number of likely N-dealkylation sites (tertiary alicyclic amines) is 1. The molecule has 1 rings (SSSR count). The number of carbonyl (C=O) groups excluding carboxylic acids is 1. The van der Waals surface area contributed by atoms with E-state index in [9.17, 15) is 4.79 Å². The number of unbranched alkanes of at least 4 members (excludes halogenated alkanes) is 24. The monoisotopic (exact) mass is 703 g/mol. The summed E-state index contributed by atoms with van der Waals surface area (Å²) in [7, 11) is 0. The van der Waals surface area contributed by atoms with Crippen molar-refractivity contribution in [2.75, 3.05) is 46.1 Å². The van der Waals surface area contributed by atoms with Gasteiger partial charge in [0.05, 0.1) is 13.2 Å². The van der Waals surface area contributed by atoms with Crippen LogP contribution >= 0.6 is 0 Å². The summed E-state index contributed by atoms with van der Waals surface area (Å²) in [4.78, 5) is 14.6. The highest BCUT2D eigenvalue weighted by atomic mass is 16.5. The fourth-order valence-electron chi connectivity index (χ4n) is 7.17. The van der Waals surface area contributed by atoms with Gasteiger partial charge in [0.25, 0.3) is 0 Å². The molecule has 0 saturated carbocycles. The maximum absolute atomic E-state index is 12.6. The van der Waals surface area contributed by atoms with Gasteiger partial charge in [-0.25, -0.2) is 0 Å². The summed E-state index contributed by atoms with van der Waals surface area (Å²) in [5.74, 6) is 0.915. The quantitative estimate of drug-likeness (QED) is 0.0514. The smallest absolute Gasteiger partial charge is 0.223 e. The third-order valence-electron chi connectivity index (χ3n) is 10.6. The number of nitrogens with zero attached hydrogens (tertiary/aromatic N) is 1. The second-order valence-corrected chi connectivity index (χ2v) is 15.4. The number of hydrogen-bond donors (Lipinski definition) is 1. The van der Waals surface area contributed by atoms with E-state index in [4.69, 9.17) is 15.2 Å². The molecule has 0 spiro atoms. The van der Waals surface area contributed by atoms with Gasteiger partial charge in [-0.3, -0.25) is 4.79 Å². The normalized spacial score (nSPS) is 16.5. The van der Waals surface area contributed by atoms with E-state index in [0.29, 0.717) is 24.8 Å². The molecule has 1 fully saturated rings. The Bertz CT molecular complexity index is 715. The molecule has 50 heavy (non-hydrogen) atoms. The van der Waals surface area contributed by atoms with Crippen molar-refractivity contribution in [2.24, 2.45) is 17.6 Å². The molecular formula is C45H86N2O3. The zero-order chi connectivity index (χ0) is 36.0. The van der Waals surface area contributed by atoms with E-state index < -0.39 is 0 Å². The van der Waals surface area contributed by atoms with Crippen molar-refractivity contribution in [3.05, 3.63) is 24.3 Å². The van der Waals surface area contributed by atoms with Crippen molar-refractivity contribution in [3.63, 3.8) is 0 Å². The molecule has 0 bridgehead atoms. The standard InChI is InChI=1S/C45H86N2O3/c1-3-5-7-9-11-13-15-17-19-21-23-25-27-29-31-33-37-49-41-43-39-47(45(48)35-36-46)40-44(43)42-50-38-34-32-30-28-26-24-22-20-18-16-14-12-10-8-6-4-2/h17-20,43-44H,3-16,21-42,46H2,1-2H3/b19-17-,20-18-/t43-,44-/m0/s1. The molecule has 1 saturated heterocycles.